The number of carbonyl (C=O) groups excluding carboxylic acids is 1. The summed E-state index contributed by atoms with van der Waals surface area (Å²) in [6.07, 6.45) is 0.554. The number of hydrogen-bond acceptors (Lipinski definition) is 4. The van der Waals surface area contributed by atoms with Crippen molar-refractivity contribution in [1.82, 2.24) is 0 Å². The van der Waals surface area contributed by atoms with Crippen LogP contribution in [-0.2, 0) is 10.0 Å². The van der Waals surface area contributed by atoms with Crippen molar-refractivity contribution in [3.63, 3.8) is 0 Å². The molecule has 7 heteroatoms. The number of nitrogens with one attached hydrogen (secondary N) is 1. The normalized spacial score (nSPS) is 11.3. The lowest BCUT2D eigenvalue weighted by molar-refractivity contribution is 0.104. The lowest BCUT2D eigenvalue weighted by atomic mass is 10.1. The van der Waals surface area contributed by atoms with Crippen molar-refractivity contribution in [3.8, 4) is 0 Å². The number of halogens is 1. The van der Waals surface area contributed by atoms with Gasteiger partial charge in [0, 0.05) is 15.7 Å². The summed E-state index contributed by atoms with van der Waals surface area (Å²) in [6, 6.07) is 8.27. The highest BCUT2D eigenvalue weighted by Crippen LogP contribution is 2.26. The zero-order chi connectivity index (χ0) is 15.5. The molecule has 2 aromatic rings. The molecule has 0 radical (unpaired) electrons. The summed E-state index contributed by atoms with van der Waals surface area (Å²) < 4.78 is 26.6. The first-order valence-corrected chi connectivity index (χ1v) is 9.63. The predicted octanol–water partition coefficient (Wildman–Crippen LogP) is 3.89. The van der Waals surface area contributed by atoms with Gasteiger partial charge in [0.05, 0.1) is 10.6 Å². The fourth-order valence-electron chi connectivity index (χ4n) is 1.78. The molecule has 4 nitrogen and oxygen atoms in total. The average molecular weight is 388 g/mol. The van der Waals surface area contributed by atoms with Crippen LogP contribution in [0.25, 0.3) is 0 Å². The summed E-state index contributed by atoms with van der Waals surface area (Å²) in [7, 11) is -3.31. The molecule has 0 bridgehead atoms. The lowest BCUT2D eigenvalue weighted by Crippen LogP contribution is -2.16. The minimum Gasteiger partial charge on any atom is -0.288 e. The SMILES string of the molecule is CCCS(=O)(=O)Nc1ccc(C(=O)c2sccc2Br)cc1. The van der Waals surface area contributed by atoms with Gasteiger partial charge in [-0.25, -0.2) is 8.42 Å². The summed E-state index contributed by atoms with van der Waals surface area (Å²) in [6.45, 7) is 1.81. The third-order valence-electron chi connectivity index (χ3n) is 2.72. The van der Waals surface area contributed by atoms with E-state index in [-0.39, 0.29) is 11.5 Å². The van der Waals surface area contributed by atoms with Crippen molar-refractivity contribution in [2.75, 3.05) is 10.5 Å². The van der Waals surface area contributed by atoms with E-state index in [4.69, 9.17) is 0 Å². The fourth-order valence-corrected chi connectivity index (χ4v) is 4.42. The molecule has 112 valence electrons. The summed E-state index contributed by atoms with van der Waals surface area (Å²) in [5.74, 6) is -0.00429. The molecule has 0 saturated heterocycles. The third kappa shape index (κ3) is 4.15. The Hall–Kier alpha value is -1.18. The molecule has 0 aliphatic heterocycles. The van der Waals surface area contributed by atoms with Crippen molar-refractivity contribution < 1.29 is 13.2 Å². The Morgan fingerprint density at radius 3 is 2.43 bits per heavy atom. The highest BCUT2D eigenvalue weighted by atomic mass is 79.9. The molecule has 0 aliphatic rings. The quantitative estimate of drug-likeness (QED) is 0.764. The number of ketones is 1. The first-order chi connectivity index (χ1) is 9.93. The van der Waals surface area contributed by atoms with E-state index in [0.717, 1.165) is 4.47 Å². The van der Waals surface area contributed by atoms with E-state index in [9.17, 15) is 13.2 Å². The van der Waals surface area contributed by atoms with Crippen LogP contribution in [0.2, 0.25) is 0 Å². The monoisotopic (exact) mass is 387 g/mol. The van der Waals surface area contributed by atoms with Gasteiger partial charge in [-0.1, -0.05) is 6.92 Å². The van der Waals surface area contributed by atoms with Crippen LogP contribution in [0.15, 0.2) is 40.2 Å². The second-order valence-electron chi connectivity index (χ2n) is 4.43. The molecule has 21 heavy (non-hydrogen) atoms. The van der Waals surface area contributed by atoms with Crippen molar-refractivity contribution in [3.05, 3.63) is 50.6 Å². The van der Waals surface area contributed by atoms with E-state index >= 15 is 0 Å². The molecule has 0 atom stereocenters. The molecular weight excluding hydrogens is 374 g/mol. The first kappa shape index (κ1) is 16.2. The summed E-state index contributed by atoms with van der Waals surface area (Å²) in [4.78, 5) is 12.9. The molecule has 0 fully saturated rings. The van der Waals surface area contributed by atoms with Gasteiger partial charge in [0.15, 0.2) is 0 Å². The fraction of sp³-hybridized carbons (Fsp3) is 0.214. The number of rotatable bonds is 6. The Morgan fingerprint density at radius 2 is 1.90 bits per heavy atom. The average Bonchev–Trinajstić information content (AvgIpc) is 2.84. The van der Waals surface area contributed by atoms with Crippen LogP contribution in [-0.4, -0.2) is 20.0 Å². The zero-order valence-corrected chi connectivity index (χ0v) is 14.5. The molecule has 0 amide bonds. The topological polar surface area (TPSA) is 63.2 Å². The maximum Gasteiger partial charge on any atom is 0.232 e. The van der Waals surface area contributed by atoms with Gasteiger partial charge in [0.25, 0.3) is 0 Å². The maximum absolute atomic E-state index is 12.3. The van der Waals surface area contributed by atoms with Gasteiger partial charge < -0.3 is 0 Å². The van der Waals surface area contributed by atoms with E-state index in [0.29, 0.717) is 22.5 Å². The second-order valence-corrected chi connectivity index (χ2v) is 8.04. The predicted molar refractivity (Wildman–Crippen MR) is 89.6 cm³/mol. The number of hydrogen-bond donors (Lipinski definition) is 1. The standard InChI is InChI=1S/C14H14BrNO3S2/c1-2-9-21(18,19)16-11-5-3-10(4-6-11)13(17)14-12(15)7-8-20-14/h3-8,16H,2,9H2,1H3. The Kier molecular flexibility index (Phi) is 5.18. The number of benzene rings is 1. The Morgan fingerprint density at radius 1 is 1.24 bits per heavy atom. The van der Waals surface area contributed by atoms with E-state index in [1.54, 1.807) is 31.2 Å². The van der Waals surface area contributed by atoms with Crippen LogP contribution < -0.4 is 4.72 Å². The van der Waals surface area contributed by atoms with Crippen LogP contribution in [0.4, 0.5) is 5.69 Å². The minimum atomic E-state index is -3.31. The van der Waals surface area contributed by atoms with Crippen LogP contribution in [0.5, 0.6) is 0 Å². The molecule has 1 aromatic carbocycles. The van der Waals surface area contributed by atoms with Gasteiger partial charge in [-0.3, -0.25) is 9.52 Å². The summed E-state index contributed by atoms with van der Waals surface area (Å²) >= 11 is 4.70. The van der Waals surface area contributed by atoms with Crippen LogP contribution in [0.3, 0.4) is 0 Å². The Balaban J connectivity index is 2.16. The number of carbonyl (C=O) groups is 1. The van der Waals surface area contributed by atoms with Crippen molar-refractivity contribution in [2.24, 2.45) is 0 Å². The van der Waals surface area contributed by atoms with Crippen LogP contribution >= 0.6 is 27.3 Å². The zero-order valence-electron chi connectivity index (χ0n) is 11.3. The maximum atomic E-state index is 12.3. The molecule has 1 aromatic heterocycles. The van der Waals surface area contributed by atoms with Crippen molar-refractivity contribution >= 4 is 48.8 Å². The van der Waals surface area contributed by atoms with E-state index < -0.39 is 10.0 Å². The van der Waals surface area contributed by atoms with Crippen molar-refractivity contribution in [1.29, 1.82) is 0 Å². The largest absolute Gasteiger partial charge is 0.288 e. The number of sulfonamides is 1. The van der Waals surface area contributed by atoms with Crippen LogP contribution in [0.1, 0.15) is 28.6 Å². The highest BCUT2D eigenvalue weighted by Gasteiger charge is 2.14. The molecule has 0 unspecified atom stereocenters. The van der Waals surface area contributed by atoms with E-state index in [1.165, 1.54) is 11.3 Å². The van der Waals surface area contributed by atoms with Gasteiger partial charge in [-0.05, 0) is 58.1 Å². The smallest absolute Gasteiger partial charge is 0.232 e. The van der Waals surface area contributed by atoms with Gasteiger partial charge in [-0.2, -0.15) is 0 Å². The molecule has 1 heterocycles. The molecule has 2 rings (SSSR count). The molecule has 0 spiro atoms. The third-order valence-corrected chi connectivity index (χ3v) is 6.05. The van der Waals surface area contributed by atoms with Crippen LogP contribution in [0, 0.1) is 0 Å². The van der Waals surface area contributed by atoms with E-state index in [1.807, 2.05) is 11.4 Å². The molecular formula is C14H14BrNO3S2. The van der Waals surface area contributed by atoms with Gasteiger partial charge in [0.1, 0.15) is 0 Å². The van der Waals surface area contributed by atoms with Gasteiger partial charge in [-0.15, -0.1) is 11.3 Å². The van der Waals surface area contributed by atoms with Crippen molar-refractivity contribution in [2.45, 2.75) is 13.3 Å². The highest BCUT2D eigenvalue weighted by molar-refractivity contribution is 9.10. The van der Waals surface area contributed by atoms with E-state index in [2.05, 4.69) is 20.7 Å². The number of anilines is 1. The second kappa shape index (κ2) is 6.72. The Bertz CT molecular complexity index is 736. The lowest BCUT2D eigenvalue weighted by Gasteiger charge is -2.07. The minimum absolute atomic E-state index is 0.0792. The Labute approximate surface area is 136 Å². The summed E-state index contributed by atoms with van der Waals surface area (Å²) in [5.41, 5.74) is 0.988. The van der Waals surface area contributed by atoms with Gasteiger partial charge in [0.2, 0.25) is 15.8 Å². The molecule has 1 N–H and O–H groups in total. The molecule has 0 aliphatic carbocycles. The summed E-state index contributed by atoms with van der Waals surface area (Å²) in [5, 5.41) is 1.84. The van der Waals surface area contributed by atoms with Gasteiger partial charge >= 0.3 is 0 Å². The molecule has 0 saturated carbocycles. The first-order valence-electron chi connectivity index (χ1n) is 6.31. The number of thiophene rings is 1.